The largest absolute Gasteiger partial charge is 0.480 e. The molecule has 0 aliphatic carbocycles. The van der Waals surface area contributed by atoms with Gasteiger partial charge >= 0.3 is 5.97 Å². The maximum atomic E-state index is 11.5. The van der Waals surface area contributed by atoms with Gasteiger partial charge in [0.1, 0.15) is 17.7 Å². The van der Waals surface area contributed by atoms with Gasteiger partial charge < -0.3 is 9.67 Å². The van der Waals surface area contributed by atoms with Gasteiger partial charge in [0.05, 0.1) is 0 Å². The van der Waals surface area contributed by atoms with Crippen LogP contribution in [0.25, 0.3) is 0 Å². The van der Waals surface area contributed by atoms with Crippen LogP contribution in [-0.4, -0.2) is 25.8 Å². The third kappa shape index (κ3) is 2.71. The number of aryl methyl sites for hydroxylation is 1. The van der Waals surface area contributed by atoms with E-state index in [9.17, 15) is 9.90 Å². The minimum atomic E-state index is -0.819. The normalized spacial score (nSPS) is 13.3. The molecule has 0 spiro atoms. The van der Waals surface area contributed by atoms with E-state index in [-0.39, 0.29) is 11.8 Å². The molecule has 0 radical (unpaired) electrons. The van der Waals surface area contributed by atoms with E-state index in [1.165, 1.54) is 0 Å². The average molecular weight is 253 g/mol. The first-order valence-electron chi connectivity index (χ1n) is 6.58. The average Bonchev–Trinajstić information content (AvgIpc) is 2.63. The van der Waals surface area contributed by atoms with E-state index >= 15 is 0 Å². The number of aliphatic carboxylic acids is 1. The van der Waals surface area contributed by atoms with Gasteiger partial charge in [0.25, 0.3) is 0 Å². The first-order valence-corrected chi connectivity index (χ1v) is 6.58. The fourth-order valence-electron chi connectivity index (χ4n) is 2.36. The maximum absolute atomic E-state index is 11.5. The molecule has 0 aromatic carbocycles. The predicted molar refractivity (Wildman–Crippen MR) is 69.6 cm³/mol. The van der Waals surface area contributed by atoms with Crippen molar-refractivity contribution in [3.63, 3.8) is 0 Å². The number of nitrogens with zero attached hydrogens (tertiary/aromatic N) is 3. The maximum Gasteiger partial charge on any atom is 0.327 e. The molecule has 1 unspecified atom stereocenters. The summed E-state index contributed by atoms with van der Waals surface area (Å²) < 4.78 is 1.80. The number of carboxylic acids is 1. The molecule has 102 valence electrons. The van der Waals surface area contributed by atoms with Gasteiger partial charge in [-0.3, -0.25) is 0 Å². The molecule has 1 N–H and O–H groups in total. The Morgan fingerprint density at radius 2 is 1.83 bits per heavy atom. The minimum Gasteiger partial charge on any atom is -0.480 e. The lowest BCUT2D eigenvalue weighted by Gasteiger charge is -2.23. The Hall–Kier alpha value is -1.39. The van der Waals surface area contributed by atoms with Gasteiger partial charge in [-0.2, -0.15) is 0 Å². The van der Waals surface area contributed by atoms with Gasteiger partial charge in [0.2, 0.25) is 0 Å². The Morgan fingerprint density at radius 3 is 2.22 bits per heavy atom. The summed E-state index contributed by atoms with van der Waals surface area (Å²) in [6, 6.07) is -0.587. The van der Waals surface area contributed by atoms with E-state index in [4.69, 9.17) is 0 Å². The monoisotopic (exact) mass is 253 g/mol. The van der Waals surface area contributed by atoms with E-state index in [2.05, 4.69) is 24.0 Å². The molecule has 0 bridgehead atoms. The first-order chi connectivity index (χ1) is 8.43. The van der Waals surface area contributed by atoms with Crippen molar-refractivity contribution in [1.82, 2.24) is 14.8 Å². The number of aromatic nitrogens is 3. The smallest absolute Gasteiger partial charge is 0.327 e. The van der Waals surface area contributed by atoms with E-state index in [0.717, 1.165) is 18.7 Å². The highest BCUT2D eigenvalue weighted by atomic mass is 16.4. The van der Waals surface area contributed by atoms with Gasteiger partial charge in [0.15, 0.2) is 0 Å². The molecule has 0 fully saturated rings. The summed E-state index contributed by atoms with van der Waals surface area (Å²) in [5.74, 6) is 0.939. The molecule has 0 saturated heterocycles. The van der Waals surface area contributed by atoms with E-state index in [0.29, 0.717) is 5.82 Å². The van der Waals surface area contributed by atoms with E-state index < -0.39 is 12.0 Å². The molecule has 0 aliphatic rings. The van der Waals surface area contributed by atoms with Crippen molar-refractivity contribution in [2.24, 2.45) is 5.92 Å². The molecule has 1 rings (SSSR count). The molecule has 0 aliphatic heterocycles. The van der Waals surface area contributed by atoms with Crippen LogP contribution < -0.4 is 0 Å². The number of carboxylic acid groups (broad SMARTS) is 1. The summed E-state index contributed by atoms with van der Waals surface area (Å²) in [6.45, 7) is 9.82. The standard InChI is InChI=1S/C13H23N3O2/c1-6-10(7-2)12-15-14-9(5)16(12)11(8(3)4)13(17)18/h8,10-11H,6-7H2,1-5H3,(H,17,18). The lowest BCUT2D eigenvalue weighted by Crippen LogP contribution is -2.27. The van der Waals surface area contributed by atoms with Gasteiger partial charge in [0, 0.05) is 5.92 Å². The summed E-state index contributed by atoms with van der Waals surface area (Å²) in [7, 11) is 0. The van der Waals surface area contributed by atoms with Crippen LogP contribution in [0.4, 0.5) is 0 Å². The molecule has 1 aromatic rings. The summed E-state index contributed by atoms with van der Waals surface area (Å²) in [5, 5.41) is 17.7. The second-order valence-electron chi connectivity index (χ2n) is 5.02. The van der Waals surface area contributed by atoms with Gasteiger partial charge in [-0.15, -0.1) is 10.2 Å². The zero-order valence-electron chi connectivity index (χ0n) is 11.8. The fourth-order valence-corrected chi connectivity index (χ4v) is 2.36. The Labute approximate surface area is 108 Å². The zero-order valence-corrected chi connectivity index (χ0v) is 11.8. The summed E-state index contributed by atoms with van der Waals surface area (Å²) in [6.07, 6.45) is 1.89. The van der Waals surface area contributed by atoms with Crippen LogP contribution in [-0.2, 0) is 4.79 Å². The van der Waals surface area contributed by atoms with Crippen LogP contribution in [0.3, 0.4) is 0 Å². The van der Waals surface area contributed by atoms with Crippen LogP contribution in [0.5, 0.6) is 0 Å². The molecular weight excluding hydrogens is 230 g/mol. The summed E-state index contributed by atoms with van der Waals surface area (Å²) in [5.41, 5.74) is 0. The lowest BCUT2D eigenvalue weighted by atomic mass is 9.99. The minimum absolute atomic E-state index is 0.00492. The Kier molecular flexibility index (Phi) is 4.87. The van der Waals surface area contributed by atoms with Crippen molar-refractivity contribution in [3.05, 3.63) is 11.6 Å². The van der Waals surface area contributed by atoms with Crippen molar-refractivity contribution in [1.29, 1.82) is 0 Å². The molecule has 18 heavy (non-hydrogen) atoms. The van der Waals surface area contributed by atoms with E-state index in [1.54, 1.807) is 4.57 Å². The molecule has 0 saturated carbocycles. The number of rotatable bonds is 6. The highest BCUT2D eigenvalue weighted by Gasteiger charge is 2.29. The summed E-state index contributed by atoms with van der Waals surface area (Å²) in [4.78, 5) is 11.5. The second-order valence-corrected chi connectivity index (χ2v) is 5.02. The Balaban J connectivity index is 3.29. The van der Waals surface area contributed by atoms with Crippen molar-refractivity contribution in [2.45, 2.75) is 59.4 Å². The molecule has 5 heteroatoms. The van der Waals surface area contributed by atoms with Crippen LogP contribution in [0.1, 0.15) is 64.1 Å². The zero-order chi connectivity index (χ0) is 13.9. The van der Waals surface area contributed by atoms with Gasteiger partial charge in [-0.25, -0.2) is 4.79 Å². The van der Waals surface area contributed by atoms with Crippen molar-refractivity contribution < 1.29 is 9.90 Å². The van der Waals surface area contributed by atoms with Crippen molar-refractivity contribution in [3.8, 4) is 0 Å². The fraction of sp³-hybridized carbons (Fsp3) is 0.769. The molecule has 1 atom stereocenters. The van der Waals surface area contributed by atoms with E-state index in [1.807, 2.05) is 20.8 Å². The molecule has 0 amide bonds. The van der Waals surface area contributed by atoms with Gasteiger partial charge in [-0.05, 0) is 25.7 Å². The van der Waals surface area contributed by atoms with Crippen LogP contribution in [0.15, 0.2) is 0 Å². The van der Waals surface area contributed by atoms with Crippen LogP contribution >= 0.6 is 0 Å². The number of hydrogen-bond acceptors (Lipinski definition) is 3. The highest BCUT2D eigenvalue weighted by molar-refractivity contribution is 5.72. The molecule has 1 aromatic heterocycles. The third-order valence-electron chi connectivity index (χ3n) is 3.41. The highest BCUT2D eigenvalue weighted by Crippen LogP contribution is 2.28. The molecule has 5 nitrogen and oxygen atoms in total. The van der Waals surface area contributed by atoms with Crippen molar-refractivity contribution in [2.75, 3.05) is 0 Å². The quantitative estimate of drug-likeness (QED) is 0.846. The van der Waals surface area contributed by atoms with Crippen LogP contribution in [0, 0.1) is 12.8 Å². The van der Waals surface area contributed by atoms with Crippen LogP contribution in [0.2, 0.25) is 0 Å². The predicted octanol–water partition coefficient (Wildman–Crippen LogP) is 2.77. The Bertz CT molecular complexity index is 408. The molecule has 1 heterocycles. The topological polar surface area (TPSA) is 68.0 Å². The number of hydrogen-bond donors (Lipinski definition) is 1. The number of carbonyl (C=O) groups is 1. The summed E-state index contributed by atoms with van der Waals surface area (Å²) >= 11 is 0. The Morgan fingerprint density at radius 1 is 1.28 bits per heavy atom. The molecular formula is C13H23N3O2. The second kappa shape index (κ2) is 5.98. The SMILES string of the molecule is CCC(CC)c1nnc(C)n1C(C(=O)O)C(C)C. The third-order valence-corrected chi connectivity index (χ3v) is 3.41. The van der Waals surface area contributed by atoms with Gasteiger partial charge in [-0.1, -0.05) is 27.7 Å². The van der Waals surface area contributed by atoms with Crippen molar-refractivity contribution >= 4 is 5.97 Å². The lowest BCUT2D eigenvalue weighted by molar-refractivity contribution is -0.142. The first kappa shape index (κ1) is 14.7.